The van der Waals surface area contributed by atoms with Crippen LogP contribution in [0, 0.1) is 19.8 Å². The largest absolute Gasteiger partial charge is 0.449 e. The first kappa shape index (κ1) is 15.8. The maximum absolute atomic E-state index is 11.8. The van der Waals surface area contributed by atoms with E-state index >= 15 is 0 Å². The second kappa shape index (κ2) is 7.46. The average Bonchev–Trinajstić information content (AvgIpc) is 2.90. The second-order valence-corrected chi connectivity index (χ2v) is 5.93. The summed E-state index contributed by atoms with van der Waals surface area (Å²) in [4.78, 5) is 11.8. The molecule has 0 radical (unpaired) electrons. The molecule has 0 bridgehead atoms. The lowest BCUT2D eigenvalue weighted by Crippen LogP contribution is -2.30. The van der Waals surface area contributed by atoms with E-state index in [0.717, 1.165) is 17.7 Å². The first-order chi connectivity index (χ1) is 10.1. The number of hydrogen-bond donors (Lipinski definition) is 2. The number of rotatable bonds is 5. The van der Waals surface area contributed by atoms with Crippen molar-refractivity contribution in [1.82, 2.24) is 5.32 Å². The van der Waals surface area contributed by atoms with E-state index in [1.165, 1.54) is 24.8 Å². The van der Waals surface area contributed by atoms with Crippen molar-refractivity contribution >= 4 is 11.8 Å². The van der Waals surface area contributed by atoms with Gasteiger partial charge in [-0.05, 0) is 69.3 Å². The molecule has 1 fully saturated rings. The molecule has 0 spiro atoms. The van der Waals surface area contributed by atoms with Crippen LogP contribution in [0.2, 0.25) is 0 Å². The molecule has 2 unspecified atom stereocenters. The number of ether oxygens (including phenoxy) is 1. The van der Waals surface area contributed by atoms with Crippen LogP contribution in [0.15, 0.2) is 18.2 Å². The van der Waals surface area contributed by atoms with Crippen molar-refractivity contribution < 1.29 is 9.53 Å². The van der Waals surface area contributed by atoms with Gasteiger partial charge in [0.2, 0.25) is 0 Å². The molecule has 2 rings (SSSR count). The lowest BCUT2D eigenvalue weighted by Gasteiger charge is -2.18. The normalized spacial score (nSPS) is 21.3. The predicted octanol–water partition coefficient (Wildman–Crippen LogP) is 3.63. The van der Waals surface area contributed by atoms with Crippen molar-refractivity contribution in [3.63, 3.8) is 0 Å². The molecule has 0 aromatic heterocycles. The van der Waals surface area contributed by atoms with Crippen molar-refractivity contribution in [2.45, 2.75) is 45.6 Å². The number of carbonyl (C=O) groups is 1. The molecule has 116 valence electrons. The number of aryl methyl sites for hydroxylation is 2. The summed E-state index contributed by atoms with van der Waals surface area (Å²) in [6.07, 6.45) is 4.30. The van der Waals surface area contributed by atoms with Gasteiger partial charge in [-0.25, -0.2) is 4.79 Å². The van der Waals surface area contributed by atoms with Crippen LogP contribution in [0.25, 0.3) is 0 Å². The summed E-state index contributed by atoms with van der Waals surface area (Å²) in [5, 5.41) is 6.13. The van der Waals surface area contributed by atoms with Crippen LogP contribution in [0.3, 0.4) is 0 Å². The minimum atomic E-state index is -0.364. The predicted molar refractivity (Wildman–Crippen MR) is 85.7 cm³/mol. The highest BCUT2D eigenvalue weighted by molar-refractivity contribution is 5.84. The van der Waals surface area contributed by atoms with Gasteiger partial charge in [-0.1, -0.05) is 12.5 Å². The third-order valence-electron chi connectivity index (χ3n) is 4.50. The standard InChI is InChI=1S/C17H26N2O2/c1-12-7-8-15(11-13(12)2)19-17(20)21-10-9-14-5-4-6-16(14)18-3/h7-8,11,14,16,18H,4-6,9-10H2,1-3H3,(H,19,20). The Morgan fingerprint density at radius 3 is 2.81 bits per heavy atom. The highest BCUT2D eigenvalue weighted by Crippen LogP contribution is 2.28. The van der Waals surface area contributed by atoms with Crippen LogP contribution < -0.4 is 10.6 Å². The van der Waals surface area contributed by atoms with Crippen LogP contribution in [0.4, 0.5) is 10.5 Å². The Hall–Kier alpha value is -1.55. The molecule has 0 aliphatic heterocycles. The summed E-state index contributed by atoms with van der Waals surface area (Å²) < 4.78 is 5.29. The average molecular weight is 290 g/mol. The lowest BCUT2D eigenvalue weighted by molar-refractivity contribution is 0.151. The zero-order valence-corrected chi connectivity index (χ0v) is 13.2. The molecule has 0 saturated heterocycles. The molecule has 4 nitrogen and oxygen atoms in total. The molecular formula is C17H26N2O2. The van der Waals surface area contributed by atoms with Crippen molar-refractivity contribution in [2.75, 3.05) is 19.0 Å². The summed E-state index contributed by atoms with van der Waals surface area (Å²) in [6, 6.07) is 6.44. The zero-order valence-electron chi connectivity index (χ0n) is 13.2. The summed E-state index contributed by atoms with van der Waals surface area (Å²) in [5.74, 6) is 0.629. The first-order valence-corrected chi connectivity index (χ1v) is 7.78. The van der Waals surface area contributed by atoms with E-state index in [2.05, 4.69) is 17.6 Å². The van der Waals surface area contributed by atoms with Gasteiger partial charge in [-0.2, -0.15) is 0 Å². The number of hydrogen-bond acceptors (Lipinski definition) is 3. The fraction of sp³-hybridized carbons (Fsp3) is 0.588. The van der Waals surface area contributed by atoms with Gasteiger partial charge in [-0.15, -0.1) is 0 Å². The minimum absolute atomic E-state index is 0.364. The number of amides is 1. The maximum Gasteiger partial charge on any atom is 0.411 e. The number of carbonyl (C=O) groups excluding carboxylic acids is 1. The summed E-state index contributed by atoms with van der Waals surface area (Å²) in [6.45, 7) is 4.57. The molecule has 21 heavy (non-hydrogen) atoms. The second-order valence-electron chi connectivity index (χ2n) is 5.93. The molecule has 1 amide bonds. The zero-order chi connectivity index (χ0) is 15.2. The minimum Gasteiger partial charge on any atom is -0.449 e. The summed E-state index contributed by atoms with van der Waals surface area (Å²) >= 11 is 0. The molecule has 2 N–H and O–H groups in total. The third-order valence-corrected chi connectivity index (χ3v) is 4.50. The van der Waals surface area contributed by atoms with E-state index < -0.39 is 0 Å². The molecule has 2 atom stereocenters. The van der Waals surface area contributed by atoms with Crippen LogP contribution in [0.5, 0.6) is 0 Å². The fourth-order valence-corrected chi connectivity index (χ4v) is 3.04. The highest BCUT2D eigenvalue weighted by atomic mass is 16.5. The van der Waals surface area contributed by atoms with Crippen LogP contribution in [-0.2, 0) is 4.74 Å². The van der Waals surface area contributed by atoms with Crippen molar-refractivity contribution in [3.05, 3.63) is 29.3 Å². The van der Waals surface area contributed by atoms with Gasteiger partial charge in [0.05, 0.1) is 6.61 Å². The molecule has 1 aliphatic rings. The van der Waals surface area contributed by atoms with Crippen LogP contribution in [-0.4, -0.2) is 25.8 Å². The van der Waals surface area contributed by atoms with Gasteiger partial charge in [0.15, 0.2) is 0 Å². The Morgan fingerprint density at radius 1 is 1.29 bits per heavy atom. The molecule has 1 aromatic rings. The monoisotopic (exact) mass is 290 g/mol. The Balaban J connectivity index is 1.73. The summed E-state index contributed by atoms with van der Waals surface area (Å²) in [5.41, 5.74) is 3.17. The lowest BCUT2D eigenvalue weighted by atomic mass is 10.0. The molecule has 1 aromatic carbocycles. The number of anilines is 1. The van der Waals surface area contributed by atoms with Gasteiger partial charge in [0.1, 0.15) is 0 Å². The number of benzene rings is 1. The van der Waals surface area contributed by atoms with Gasteiger partial charge in [-0.3, -0.25) is 5.32 Å². The molecule has 1 aliphatic carbocycles. The van der Waals surface area contributed by atoms with E-state index in [0.29, 0.717) is 18.6 Å². The van der Waals surface area contributed by atoms with E-state index in [4.69, 9.17) is 4.74 Å². The highest BCUT2D eigenvalue weighted by Gasteiger charge is 2.25. The van der Waals surface area contributed by atoms with E-state index in [1.54, 1.807) is 0 Å². The molecule has 4 heteroatoms. The quantitative estimate of drug-likeness (QED) is 0.870. The number of nitrogens with one attached hydrogen (secondary N) is 2. The van der Waals surface area contributed by atoms with Crippen molar-refractivity contribution in [3.8, 4) is 0 Å². The SMILES string of the molecule is CNC1CCCC1CCOC(=O)Nc1ccc(C)c(C)c1. The van der Waals surface area contributed by atoms with Gasteiger partial charge in [0.25, 0.3) is 0 Å². The molecule has 1 saturated carbocycles. The summed E-state index contributed by atoms with van der Waals surface area (Å²) in [7, 11) is 2.01. The van der Waals surface area contributed by atoms with Crippen LogP contribution >= 0.6 is 0 Å². The van der Waals surface area contributed by atoms with E-state index in [9.17, 15) is 4.79 Å². The fourth-order valence-electron chi connectivity index (χ4n) is 3.04. The smallest absolute Gasteiger partial charge is 0.411 e. The first-order valence-electron chi connectivity index (χ1n) is 7.78. The van der Waals surface area contributed by atoms with E-state index in [-0.39, 0.29) is 6.09 Å². The maximum atomic E-state index is 11.8. The Bertz CT molecular complexity index is 488. The van der Waals surface area contributed by atoms with Gasteiger partial charge >= 0.3 is 6.09 Å². The Morgan fingerprint density at radius 2 is 2.10 bits per heavy atom. The molecule has 0 heterocycles. The topological polar surface area (TPSA) is 50.4 Å². The third kappa shape index (κ3) is 4.46. The van der Waals surface area contributed by atoms with Crippen molar-refractivity contribution in [2.24, 2.45) is 5.92 Å². The molecular weight excluding hydrogens is 264 g/mol. The van der Waals surface area contributed by atoms with Gasteiger partial charge in [0, 0.05) is 11.7 Å². The van der Waals surface area contributed by atoms with Crippen LogP contribution in [0.1, 0.15) is 36.8 Å². The Kier molecular flexibility index (Phi) is 5.62. The van der Waals surface area contributed by atoms with E-state index in [1.807, 2.05) is 32.2 Å². The Labute approximate surface area is 127 Å². The van der Waals surface area contributed by atoms with Gasteiger partial charge < -0.3 is 10.1 Å². The van der Waals surface area contributed by atoms with Crippen molar-refractivity contribution in [1.29, 1.82) is 0 Å².